The predicted molar refractivity (Wildman–Crippen MR) is 67.7 cm³/mol. The second kappa shape index (κ2) is 4.84. The standard InChI is InChI=1S/C11H22N2O3S/c1-5-13(10(14)12-11(2,3)4)9-6-7-17(15,16)8-9/h9H,5-8H2,1-4H3,(H,12,14). The van der Waals surface area contributed by atoms with Crippen molar-refractivity contribution in [3.63, 3.8) is 0 Å². The highest BCUT2D eigenvalue weighted by Crippen LogP contribution is 2.18. The van der Waals surface area contributed by atoms with Gasteiger partial charge < -0.3 is 10.2 Å². The molecule has 0 aromatic heterocycles. The molecule has 1 N–H and O–H groups in total. The van der Waals surface area contributed by atoms with Gasteiger partial charge in [0.1, 0.15) is 0 Å². The van der Waals surface area contributed by atoms with E-state index in [1.807, 2.05) is 27.7 Å². The van der Waals surface area contributed by atoms with E-state index in [2.05, 4.69) is 5.32 Å². The number of urea groups is 1. The third-order valence-corrected chi connectivity index (χ3v) is 4.48. The average Bonchev–Trinajstić information content (AvgIpc) is 2.44. The molecule has 0 aliphatic carbocycles. The lowest BCUT2D eigenvalue weighted by atomic mass is 10.1. The first kappa shape index (κ1) is 14.3. The molecule has 0 bridgehead atoms. The van der Waals surface area contributed by atoms with Gasteiger partial charge in [-0.15, -0.1) is 0 Å². The molecule has 0 aromatic rings. The summed E-state index contributed by atoms with van der Waals surface area (Å²) in [6.07, 6.45) is 0.549. The minimum atomic E-state index is -2.95. The van der Waals surface area contributed by atoms with Gasteiger partial charge in [-0.05, 0) is 34.1 Å². The molecule has 100 valence electrons. The van der Waals surface area contributed by atoms with E-state index in [0.717, 1.165) is 0 Å². The molecule has 17 heavy (non-hydrogen) atoms. The average molecular weight is 262 g/mol. The van der Waals surface area contributed by atoms with Crippen molar-refractivity contribution < 1.29 is 13.2 Å². The summed E-state index contributed by atoms with van der Waals surface area (Å²) in [4.78, 5) is 13.6. The van der Waals surface area contributed by atoms with E-state index in [1.54, 1.807) is 4.90 Å². The van der Waals surface area contributed by atoms with E-state index < -0.39 is 9.84 Å². The van der Waals surface area contributed by atoms with Crippen molar-refractivity contribution in [1.29, 1.82) is 0 Å². The first-order chi connectivity index (χ1) is 7.64. The van der Waals surface area contributed by atoms with Crippen LogP contribution in [0.5, 0.6) is 0 Å². The highest BCUT2D eigenvalue weighted by molar-refractivity contribution is 7.91. The highest BCUT2D eigenvalue weighted by atomic mass is 32.2. The first-order valence-corrected chi connectivity index (χ1v) is 7.76. The highest BCUT2D eigenvalue weighted by Gasteiger charge is 2.34. The number of sulfone groups is 1. The van der Waals surface area contributed by atoms with Crippen molar-refractivity contribution in [2.45, 2.75) is 45.7 Å². The zero-order chi connectivity index (χ0) is 13.3. The normalized spacial score (nSPS) is 23.4. The Bertz CT molecular complexity index is 384. The maximum Gasteiger partial charge on any atom is 0.318 e. The summed E-state index contributed by atoms with van der Waals surface area (Å²) in [5, 5.41) is 2.87. The zero-order valence-corrected chi connectivity index (χ0v) is 11.8. The molecule has 1 aliphatic heterocycles. The number of hydrogen-bond donors (Lipinski definition) is 1. The number of hydrogen-bond acceptors (Lipinski definition) is 3. The number of amides is 2. The fourth-order valence-corrected chi connectivity index (χ4v) is 3.71. The third kappa shape index (κ3) is 4.18. The van der Waals surface area contributed by atoms with Gasteiger partial charge in [0, 0.05) is 18.1 Å². The van der Waals surface area contributed by atoms with Gasteiger partial charge in [-0.25, -0.2) is 13.2 Å². The maximum absolute atomic E-state index is 12.0. The molecule has 1 heterocycles. The topological polar surface area (TPSA) is 66.5 Å². The molecule has 5 nitrogen and oxygen atoms in total. The Morgan fingerprint density at radius 3 is 2.35 bits per heavy atom. The van der Waals surface area contributed by atoms with Crippen LogP contribution in [0, 0.1) is 0 Å². The number of carbonyl (C=O) groups excluding carboxylic acids is 1. The molecule has 1 fully saturated rings. The Labute approximate surface area is 103 Å². The minimum Gasteiger partial charge on any atom is -0.333 e. The second-order valence-corrected chi connectivity index (χ2v) is 7.75. The van der Waals surface area contributed by atoms with Crippen molar-refractivity contribution in [1.82, 2.24) is 10.2 Å². The summed E-state index contributed by atoms with van der Waals surface area (Å²) in [5.41, 5.74) is -0.304. The first-order valence-electron chi connectivity index (χ1n) is 5.94. The van der Waals surface area contributed by atoms with Crippen LogP contribution in [0.1, 0.15) is 34.1 Å². The Morgan fingerprint density at radius 1 is 1.41 bits per heavy atom. The molecule has 1 unspecified atom stereocenters. The molecule has 0 spiro atoms. The van der Waals surface area contributed by atoms with Crippen LogP contribution >= 0.6 is 0 Å². The number of carbonyl (C=O) groups is 1. The molecule has 0 aromatic carbocycles. The van der Waals surface area contributed by atoms with Crippen molar-refractivity contribution in [2.75, 3.05) is 18.1 Å². The van der Waals surface area contributed by atoms with Gasteiger partial charge in [-0.3, -0.25) is 0 Å². The van der Waals surface area contributed by atoms with Crippen molar-refractivity contribution >= 4 is 15.9 Å². The monoisotopic (exact) mass is 262 g/mol. The van der Waals surface area contributed by atoms with Crippen LogP contribution in [0.4, 0.5) is 4.79 Å². The van der Waals surface area contributed by atoms with E-state index in [9.17, 15) is 13.2 Å². The lowest BCUT2D eigenvalue weighted by Crippen LogP contribution is -2.52. The van der Waals surface area contributed by atoms with Gasteiger partial charge in [0.15, 0.2) is 9.84 Å². The van der Waals surface area contributed by atoms with E-state index in [0.29, 0.717) is 13.0 Å². The largest absolute Gasteiger partial charge is 0.333 e. The maximum atomic E-state index is 12.0. The second-order valence-electron chi connectivity index (χ2n) is 5.52. The van der Waals surface area contributed by atoms with E-state index in [4.69, 9.17) is 0 Å². The van der Waals surface area contributed by atoms with Gasteiger partial charge in [0.2, 0.25) is 0 Å². The van der Waals surface area contributed by atoms with Crippen LogP contribution in [0.3, 0.4) is 0 Å². The minimum absolute atomic E-state index is 0.0956. The molecule has 0 radical (unpaired) electrons. The lowest BCUT2D eigenvalue weighted by Gasteiger charge is -2.31. The van der Waals surface area contributed by atoms with Gasteiger partial charge in [0.25, 0.3) is 0 Å². The molecule has 1 saturated heterocycles. The van der Waals surface area contributed by atoms with E-state index in [-0.39, 0.29) is 29.1 Å². The Kier molecular flexibility index (Phi) is 4.06. The smallest absolute Gasteiger partial charge is 0.318 e. The molecular formula is C11H22N2O3S. The third-order valence-electron chi connectivity index (χ3n) is 2.73. The summed E-state index contributed by atoms with van der Waals surface area (Å²) in [6.45, 7) is 8.12. The molecule has 1 atom stereocenters. The quantitative estimate of drug-likeness (QED) is 0.807. The van der Waals surface area contributed by atoms with Crippen LogP contribution in [-0.4, -0.2) is 49.0 Å². The molecule has 1 aliphatic rings. The van der Waals surface area contributed by atoms with Gasteiger partial charge in [-0.1, -0.05) is 0 Å². The summed E-state index contributed by atoms with van der Waals surface area (Å²) < 4.78 is 22.8. The Morgan fingerprint density at radius 2 is 2.00 bits per heavy atom. The molecule has 0 saturated carbocycles. The van der Waals surface area contributed by atoms with Crippen LogP contribution < -0.4 is 5.32 Å². The Balaban J connectivity index is 2.70. The van der Waals surface area contributed by atoms with Crippen molar-refractivity contribution in [3.05, 3.63) is 0 Å². The Hall–Kier alpha value is -0.780. The van der Waals surface area contributed by atoms with Crippen LogP contribution in [0.2, 0.25) is 0 Å². The summed E-state index contributed by atoms with van der Waals surface area (Å²) >= 11 is 0. The summed E-state index contributed by atoms with van der Waals surface area (Å²) in [6, 6.07) is -0.352. The lowest BCUT2D eigenvalue weighted by molar-refractivity contribution is 0.175. The summed E-state index contributed by atoms with van der Waals surface area (Å²) in [5.74, 6) is 0.287. The number of nitrogens with one attached hydrogen (secondary N) is 1. The van der Waals surface area contributed by atoms with Gasteiger partial charge in [-0.2, -0.15) is 0 Å². The van der Waals surface area contributed by atoms with Gasteiger partial charge >= 0.3 is 6.03 Å². The van der Waals surface area contributed by atoms with Crippen LogP contribution in [0.15, 0.2) is 0 Å². The van der Waals surface area contributed by atoms with Crippen LogP contribution in [0.25, 0.3) is 0 Å². The fraction of sp³-hybridized carbons (Fsp3) is 0.909. The molecule has 6 heteroatoms. The molecular weight excluding hydrogens is 240 g/mol. The van der Waals surface area contributed by atoms with Crippen molar-refractivity contribution in [2.24, 2.45) is 0 Å². The van der Waals surface area contributed by atoms with Crippen LogP contribution in [-0.2, 0) is 9.84 Å². The number of rotatable bonds is 2. The zero-order valence-electron chi connectivity index (χ0n) is 11.0. The van der Waals surface area contributed by atoms with Gasteiger partial charge in [0.05, 0.1) is 11.5 Å². The number of nitrogens with zero attached hydrogens (tertiary/aromatic N) is 1. The SMILES string of the molecule is CCN(C(=O)NC(C)(C)C)C1CCS(=O)(=O)C1. The van der Waals surface area contributed by atoms with E-state index in [1.165, 1.54) is 0 Å². The predicted octanol–water partition coefficient (Wildman–Crippen LogP) is 1.00. The fourth-order valence-electron chi connectivity index (χ4n) is 1.98. The molecule has 2 amide bonds. The molecule has 1 rings (SSSR count). The van der Waals surface area contributed by atoms with Crippen molar-refractivity contribution in [3.8, 4) is 0 Å². The summed E-state index contributed by atoms with van der Waals surface area (Å²) in [7, 11) is -2.95. The van der Waals surface area contributed by atoms with E-state index >= 15 is 0 Å².